The molecule has 0 spiro atoms. The van der Waals surface area contributed by atoms with Gasteiger partial charge in [0, 0.05) is 43.0 Å². The number of aromatic nitrogens is 1. The molecule has 1 fully saturated rings. The number of nitrogens with one attached hydrogen (secondary N) is 2. The van der Waals surface area contributed by atoms with Gasteiger partial charge in [0.2, 0.25) is 0 Å². The van der Waals surface area contributed by atoms with Gasteiger partial charge in [-0.1, -0.05) is 36.7 Å². The van der Waals surface area contributed by atoms with Crippen LogP contribution in [0.1, 0.15) is 50.1 Å². The summed E-state index contributed by atoms with van der Waals surface area (Å²) in [5.74, 6) is 2.52. The molecule has 6 nitrogen and oxygen atoms in total. The Hall–Kier alpha value is -2.21. The number of hydrogen-bond acceptors (Lipinski definition) is 4. The van der Waals surface area contributed by atoms with Crippen LogP contribution in [0.4, 0.5) is 5.69 Å². The number of hydrogen-bond donors (Lipinski definition) is 2. The first-order chi connectivity index (χ1) is 14.0. The molecule has 1 aromatic heterocycles. The molecule has 0 aliphatic carbocycles. The van der Waals surface area contributed by atoms with Crippen LogP contribution >= 0.6 is 11.6 Å². The van der Waals surface area contributed by atoms with Crippen LogP contribution in [0.2, 0.25) is 5.02 Å². The van der Waals surface area contributed by atoms with Gasteiger partial charge in [0.25, 0.3) is 0 Å². The van der Waals surface area contributed by atoms with Gasteiger partial charge in [0.15, 0.2) is 11.7 Å². The molecule has 0 radical (unpaired) electrons. The number of guanidine groups is 1. The van der Waals surface area contributed by atoms with Crippen molar-refractivity contribution in [3.8, 4) is 0 Å². The van der Waals surface area contributed by atoms with Crippen LogP contribution in [-0.2, 0) is 6.54 Å². The lowest BCUT2D eigenvalue weighted by atomic mass is 10.1. The Bertz CT molecular complexity index is 832. The number of rotatable bonds is 7. The van der Waals surface area contributed by atoms with E-state index < -0.39 is 0 Å². The Labute approximate surface area is 178 Å². The second-order valence-corrected chi connectivity index (χ2v) is 8.42. The fraction of sp³-hybridized carbons (Fsp3) is 0.545. The van der Waals surface area contributed by atoms with E-state index in [1.807, 2.05) is 12.1 Å². The normalized spacial score (nSPS) is 17.2. The molecule has 0 amide bonds. The van der Waals surface area contributed by atoms with E-state index in [-0.39, 0.29) is 0 Å². The molecule has 3 rings (SSSR count). The van der Waals surface area contributed by atoms with Crippen LogP contribution in [-0.4, -0.2) is 37.3 Å². The van der Waals surface area contributed by atoms with Crippen LogP contribution in [0.3, 0.4) is 0 Å². The SMILES string of the molecule is CCNC(=NCc1cc(C(C)C)no1)NCC1CCN(c2cc(Cl)ccc2C)C1. The molecule has 1 aliphatic rings. The average molecular weight is 418 g/mol. The fourth-order valence-corrected chi connectivity index (χ4v) is 3.72. The maximum absolute atomic E-state index is 6.20. The third-order valence-corrected chi connectivity index (χ3v) is 5.50. The minimum atomic E-state index is 0.358. The first kappa shape index (κ1) is 21.5. The molecule has 158 valence electrons. The van der Waals surface area contributed by atoms with Crippen molar-refractivity contribution in [2.75, 3.05) is 31.1 Å². The third kappa shape index (κ3) is 5.89. The summed E-state index contributed by atoms with van der Waals surface area (Å²) in [4.78, 5) is 7.08. The summed E-state index contributed by atoms with van der Waals surface area (Å²) in [5, 5.41) is 11.7. The summed E-state index contributed by atoms with van der Waals surface area (Å²) in [6, 6.07) is 8.10. The summed E-state index contributed by atoms with van der Waals surface area (Å²) in [6.45, 7) is 12.7. The van der Waals surface area contributed by atoms with Gasteiger partial charge in [-0.15, -0.1) is 0 Å². The lowest BCUT2D eigenvalue weighted by molar-refractivity contribution is 0.376. The second-order valence-electron chi connectivity index (χ2n) is 7.98. The Morgan fingerprint density at radius 1 is 1.34 bits per heavy atom. The van der Waals surface area contributed by atoms with Gasteiger partial charge in [-0.05, 0) is 49.8 Å². The number of aliphatic imine (C=N–C) groups is 1. The number of aryl methyl sites for hydroxylation is 1. The van der Waals surface area contributed by atoms with Crippen molar-refractivity contribution < 1.29 is 4.52 Å². The van der Waals surface area contributed by atoms with Crippen LogP contribution in [0.5, 0.6) is 0 Å². The van der Waals surface area contributed by atoms with Gasteiger partial charge in [-0.2, -0.15) is 0 Å². The molecule has 1 aliphatic heterocycles. The molecular formula is C22H32ClN5O. The second kappa shape index (κ2) is 10.0. The zero-order valence-corrected chi connectivity index (χ0v) is 18.6. The predicted octanol–water partition coefficient (Wildman–Crippen LogP) is 4.34. The van der Waals surface area contributed by atoms with E-state index >= 15 is 0 Å². The van der Waals surface area contributed by atoms with Crippen molar-refractivity contribution in [3.63, 3.8) is 0 Å². The van der Waals surface area contributed by atoms with E-state index in [0.717, 1.165) is 55.0 Å². The highest BCUT2D eigenvalue weighted by Crippen LogP contribution is 2.29. The Morgan fingerprint density at radius 3 is 2.90 bits per heavy atom. The molecule has 1 unspecified atom stereocenters. The van der Waals surface area contributed by atoms with Gasteiger partial charge in [-0.3, -0.25) is 0 Å². The van der Waals surface area contributed by atoms with Gasteiger partial charge >= 0.3 is 0 Å². The van der Waals surface area contributed by atoms with Crippen molar-refractivity contribution in [1.29, 1.82) is 0 Å². The summed E-state index contributed by atoms with van der Waals surface area (Å²) >= 11 is 6.20. The molecule has 0 bridgehead atoms. The van der Waals surface area contributed by atoms with Gasteiger partial charge in [0.05, 0.1) is 5.69 Å². The van der Waals surface area contributed by atoms with E-state index in [4.69, 9.17) is 16.1 Å². The largest absolute Gasteiger partial charge is 0.371 e. The number of benzene rings is 1. The van der Waals surface area contributed by atoms with E-state index in [1.165, 1.54) is 11.3 Å². The minimum Gasteiger partial charge on any atom is -0.371 e. The quantitative estimate of drug-likeness (QED) is 0.518. The molecule has 2 N–H and O–H groups in total. The van der Waals surface area contributed by atoms with E-state index in [1.54, 1.807) is 0 Å². The molecule has 0 saturated carbocycles. The molecule has 7 heteroatoms. The Morgan fingerprint density at radius 2 is 2.17 bits per heavy atom. The molecule has 1 saturated heterocycles. The van der Waals surface area contributed by atoms with E-state index in [0.29, 0.717) is 18.4 Å². The van der Waals surface area contributed by atoms with Gasteiger partial charge < -0.3 is 20.1 Å². The molecule has 2 heterocycles. The molecule has 2 aromatic rings. The summed E-state index contributed by atoms with van der Waals surface area (Å²) < 4.78 is 5.39. The minimum absolute atomic E-state index is 0.358. The number of halogens is 1. The predicted molar refractivity (Wildman–Crippen MR) is 120 cm³/mol. The fourth-order valence-electron chi connectivity index (χ4n) is 3.56. The highest BCUT2D eigenvalue weighted by molar-refractivity contribution is 6.30. The standard InChI is InChI=1S/C22H32ClN5O/c1-5-24-22(26-13-19-11-20(15(2)3)27-29-19)25-12-17-8-9-28(14-17)21-10-18(23)7-6-16(21)4/h6-7,10-11,15,17H,5,8-9,12-14H2,1-4H3,(H2,24,25,26). The number of anilines is 1. The number of nitrogens with zero attached hydrogens (tertiary/aromatic N) is 3. The summed E-state index contributed by atoms with van der Waals surface area (Å²) in [5.41, 5.74) is 3.48. The van der Waals surface area contributed by atoms with Crippen LogP contribution in [0.15, 0.2) is 33.8 Å². The highest BCUT2D eigenvalue weighted by Gasteiger charge is 2.24. The lowest BCUT2D eigenvalue weighted by Crippen LogP contribution is -2.40. The topological polar surface area (TPSA) is 65.7 Å². The average Bonchev–Trinajstić information content (AvgIpc) is 3.35. The van der Waals surface area contributed by atoms with Crippen molar-refractivity contribution in [2.45, 2.75) is 46.6 Å². The maximum atomic E-state index is 6.20. The van der Waals surface area contributed by atoms with Crippen molar-refractivity contribution >= 4 is 23.2 Å². The van der Waals surface area contributed by atoms with Gasteiger partial charge in [0.1, 0.15) is 6.54 Å². The van der Waals surface area contributed by atoms with Crippen molar-refractivity contribution in [2.24, 2.45) is 10.9 Å². The maximum Gasteiger partial charge on any atom is 0.191 e. The molecule has 29 heavy (non-hydrogen) atoms. The lowest BCUT2D eigenvalue weighted by Gasteiger charge is -2.21. The molecule has 1 atom stereocenters. The van der Waals surface area contributed by atoms with Crippen molar-refractivity contribution in [3.05, 3.63) is 46.3 Å². The van der Waals surface area contributed by atoms with Crippen molar-refractivity contribution in [1.82, 2.24) is 15.8 Å². The summed E-state index contributed by atoms with van der Waals surface area (Å²) in [7, 11) is 0. The highest BCUT2D eigenvalue weighted by atomic mass is 35.5. The van der Waals surface area contributed by atoms with E-state index in [2.05, 4.69) is 65.5 Å². The molecule has 1 aromatic carbocycles. The third-order valence-electron chi connectivity index (χ3n) is 5.26. The van der Waals surface area contributed by atoms with E-state index in [9.17, 15) is 0 Å². The van der Waals surface area contributed by atoms with Gasteiger partial charge in [-0.25, -0.2) is 4.99 Å². The Kier molecular flexibility index (Phi) is 7.42. The molecular weight excluding hydrogens is 386 g/mol. The Balaban J connectivity index is 1.54. The first-order valence-electron chi connectivity index (χ1n) is 10.4. The summed E-state index contributed by atoms with van der Waals surface area (Å²) in [6.07, 6.45) is 1.15. The van der Waals surface area contributed by atoms with Crippen LogP contribution in [0.25, 0.3) is 0 Å². The van der Waals surface area contributed by atoms with Crippen LogP contribution in [0, 0.1) is 12.8 Å². The first-order valence-corrected chi connectivity index (χ1v) is 10.8. The zero-order valence-electron chi connectivity index (χ0n) is 17.8. The van der Waals surface area contributed by atoms with Crippen LogP contribution < -0.4 is 15.5 Å². The smallest absolute Gasteiger partial charge is 0.191 e. The zero-order chi connectivity index (χ0) is 20.8. The monoisotopic (exact) mass is 417 g/mol.